The highest BCUT2D eigenvalue weighted by Crippen LogP contribution is 2.35. The van der Waals surface area contributed by atoms with Gasteiger partial charge in [0.05, 0.1) is 0 Å². The van der Waals surface area contributed by atoms with Gasteiger partial charge in [-0.2, -0.15) is 0 Å². The molecule has 3 heteroatoms. The predicted octanol–water partition coefficient (Wildman–Crippen LogP) is 2.83. The first-order chi connectivity index (χ1) is 7.50. The Morgan fingerprint density at radius 3 is 2.62 bits per heavy atom. The molecule has 3 N–H and O–H groups in total. The van der Waals surface area contributed by atoms with Crippen molar-refractivity contribution in [3.05, 3.63) is 23.8 Å². The molecule has 1 saturated carbocycles. The molecule has 1 fully saturated rings. The van der Waals surface area contributed by atoms with Crippen molar-refractivity contribution in [2.45, 2.75) is 38.6 Å². The van der Waals surface area contributed by atoms with Gasteiger partial charge in [0.15, 0.2) is 5.78 Å². The molecule has 1 aromatic carbocycles. The number of nitrogens with two attached hydrogens (primary N) is 1. The molecule has 0 radical (unpaired) electrons. The van der Waals surface area contributed by atoms with Crippen LogP contribution in [-0.2, 0) is 0 Å². The Bertz CT molecular complexity index is 422. The molecule has 0 unspecified atom stereocenters. The number of Topliss-reactive ketones (excluding diaryl/α,β-unsaturated/α-hetero) is 1. The molecule has 3 nitrogen and oxygen atoms in total. The molecule has 0 heterocycles. The second-order valence-electron chi connectivity index (χ2n) is 4.90. The summed E-state index contributed by atoms with van der Waals surface area (Å²) in [5, 5.41) is 3.47. The summed E-state index contributed by atoms with van der Waals surface area (Å²) in [6, 6.07) is 5.58. The lowest BCUT2D eigenvalue weighted by molar-refractivity contribution is 0.101. The minimum atomic E-state index is 0.0138. The van der Waals surface area contributed by atoms with Crippen molar-refractivity contribution in [3.63, 3.8) is 0 Å². The highest BCUT2D eigenvalue weighted by Gasteiger charge is 2.31. The van der Waals surface area contributed by atoms with Gasteiger partial charge < -0.3 is 11.1 Å². The van der Waals surface area contributed by atoms with E-state index in [1.807, 2.05) is 12.1 Å². The van der Waals surface area contributed by atoms with E-state index in [2.05, 4.69) is 12.2 Å². The Morgan fingerprint density at radius 2 is 2.12 bits per heavy atom. The lowest BCUT2D eigenvalue weighted by atomic mass is 9.78. The van der Waals surface area contributed by atoms with Crippen molar-refractivity contribution in [2.24, 2.45) is 0 Å². The molecule has 0 aliphatic heterocycles. The third-order valence-electron chi connectivity index (χ3n) is 3.34. The summed E-state index contributed by atoms with van der Waals surface area (Å²) in [7, 11) is 0. The summed E-state index contributed by atoms with van der Waals surface area (Å²) >= 11 is 0. The molecule has 86 valence electrons. The van der Waals surface area contributed by atoms with Crippen LogP contribution in [-0.4, -0.2) is 11.3 Å². The average molecular weight is 218 g/mol. The maximum Gasteiger partial charge on any atom is 0.161 e. The third-order valence-corrected chi connectivity index (χ3v) is 3.34. The first kappa shape index (κ1) is 11.0. The van der Waals surface area contributed by atoms with Crippen LogP contribution in [0.1, 0.15) is 43.5 Å². The molecule has 0 saturated heterocycles. The van der Waals surface area contributed by atoms with E-state index < -0.39 is 0 Å². The summed E-state index contributed by atoms with van der Waals surface area (Å²) in [5.74, 6) is 0.0138. The van der Waals surface area contributed by atoms with Gasteiger partial charge in [0.25, 0.3) is 0 Å². The number of anilines is 2. The normalized spacial score (nSPS) is 17.6. The van der Waals surface area contributed by atoms with Crippen LogP contribution in [0.4, 0.5) is 11.4 Å². The smallest absolute Gasteiger partial charge is 0.161 e. The van der Waals surface area contributed by atoms with Crippen molar-refractivity contribution < 1.29 is 4.79 Å². The van der Waals surface area contributed by atoms with Crippen molar-refractivity contribution in [2.75, 3.05) is 11.1 Å². The van der Waals surface area contributed by atoms with Gasteiger partial charge in [-0.3, -0.25) is 4.79 Å². The second-order valence-corrected chi connectivity index (χ2v) is 4.90. The molecule has 1 aliphatic rings. The zero-order valence-corrected chi connectivity index (χ0v) is 9.84. The number of hydrogen-bond acceptors (Lipinski definition) is 3. The number of carbonyl (C=O) groups is 1. The van der Waals surface area contributed by atoms with Gasteiger partial charge in [-0.15, -0.1) is 0 Å². The second kappa shape index (κ2) is 3.81. The van der Waals surface area contributed by atoms with Crippen molar-refractivity contribution >= 4 is 17.2 Å². The van der Waals surface area contributed by atoms with Crippen LogP contribution >= 0.6 is 0 Å². The molecule has 2 rings (SSSR count). The zero-order chi connectivity index (χ0) is 11.8. The quantitative estimate of drug-likeness (QED) is 0.606. The van der Waals surface area contributed by atoms with Crippen LogP contribution in [0, 0.1) is 0 Å². The zero-order valence-electron chi connectivity index (χ0n) is 9.84. The van der Waals surface area contributed by atoms with E-state index >= 15 is 0 Å². The van der Waals surface area contributed by atoms with Crippen LogP contribution in [0.25, 0.3) is 0 Å². The molecular weight excluding hydrogens is 200 g/mol. The first-order valence-electron chi connectivity index (χ1n) is 5.69. The molecule has 0 aromatic heterocycles. The van der Waals surface area contributed by atoms with Crippen molar-refractivity contribution in [1.29, 1.82) is 0 Å². The fourth-order valence-electron chi connectivity index (χ4n) is 2.12. The fourth-order valence-corrected chi connectivity index (χ4v) is 2.12. The van der Waals surface area contributed by atoms with Gasteiger partial charge in [0.2, 0.25) is 0 Å². The maximum atomic E-state index is 11.4. The summed E-state index contributed by atoms with van der Waals surface area (Å²) in [6.07, 6.45) is 3.65. The minimum absolute atomic E-state index is 0.0138. The molecule has 0 atom stereocenters. The van der Waals surface area contributed by atoms with Gasteiger partial charge in [0, 0.05) is 22.5 Å². The SMILES string of the molecule is CC(=O)c1cc(NC2(C)CCC2)ccc1N. The monoisotopic (exact) mass is 218 g/mol. The Hall–Kier alpha value is -1.51. The van der Waals surface area contributed by atoms with Crippen LogP contribution in [0.5, 0.6) is 0 Å². The molecule has 0 amide bonds. The Balaban J connectivity index is 2.22. The van der Waals surface area contributed by atoms with E-state index in [0.717, 1.165) is 5.69 Å². The number of hydrogen-bond donors (Lipinski definition) is 2. The molecule has 16 heavy (non-hydrogen) atoms. The Labute approximate surface area is 96.0 Å². The summed E-state index contributed by atoms with van der Waals surface area (Å²) in [4.78, 5) is 11.4. The summed E-state index contributed by atoms with van der Waals surface area (Å²) in [5.41, 5.74) is 8.10. The van der Waals surface area contributed by atoms with Gasteiger partial charge >= 0.3 is 0 Å². The van der Waals surface area contributed by atoms with Gasteiger partial charge in [-0.25, -0.2) is 0 Å². The third kappa shape index (κ3) is 2.03. The van der Waals surface area contributed by atoms with E-state index in [0.29, 0.717) is 11.3 Å². The molecule has 0 spiro atoms. The summed E-state index contributed by atoms with van der Waals surface area (Å²) in [6.45, 7) is 3.75. The van der Waals surface area contributed by atoms with Crippen LogP contribution in [0.15, 0.2) is 18.2 Å². The fraction of sp³-hybridized carbons (Fsp3) is 0.462. The van der Waals surface area contributed by atoms with Gasteiger partial charge in [0.1, 0.15) is 0 Å². The van der Waals surface area contributed by atoms with Gasteiger partial charge in [-0.05, 0) is 51.3 Å². The molecule has 1 aliphatic carbocycles. The molecule has 0 bridgehead atoms. The topological polar surface area (TPSA) is 55.1 Å². The van der Waals surface area contributed by atoms with E-state index in [-0.39, 0.29) is 11.3 Å². The maximum absolute atomic E-state index is 11.4. The number of nitrogen functional groups attached to an aromatic ring is 1. The lowest BCUT2D eigenvalue weighted by Gasteiger charge is -2.40. The predicted molar refractivity (Wildman–Crippen MR) is 66.7 cm³/mol. The Morgan fingerprint density at radius 1 is 1.44 bits per heavy atom. The standard InChI is InChI=1S/C13H18N2O/c1-9(16)11-8-10(4-5-12(11)14)15-13(2)6-3-7-13/h4-5,8,15H,3,6-7,14H2,1-2H3. The van der Waals surface area contributed by atoms with Crippen molar-refractivity contribution in [3.8, 4) is 0 Å². The minimum Gasteiger partial charge on any atom is -0.398 e. The van der Waals surface area contributed by atoms with Crippen LogP contribution < -0.4 is 11.1 Å². The van der Waals surface area contributed by atoms with E-state index in [4.69, 9.17) is 5.73 Å². The van der Waals surface area contributed by atoms with Crippen LogP contribution in [0.3, 0.4) is 0 Å². The summed E-state index contributed by atoms with van der Waals surface area (Å²) < 4.78 is 0. The molecular formula is C13H18N2O. The number of rotatable bonds is 3. The number of nitrogens with one attached hydrogen (secondary N) is 1. The first-order valence-corrected chi connectivity index (χ1v) is 5.69. The van der Waals surface area contributed by atoms with Crippen molar-refractivity contribution in [1.82, 2.24) is 0 Å². The lowest BCUT2D eigenvalue weighted by Crippen LogP contribution is -2.41. The van der Waals surface area contributed by atoms with Crippen LogP contribution in [0.2, 0.25) is 0 Å². The molecule has 1 aromatic rings. The highest BCUT2D eigenvalue weighted by molar-refractivity contribution is 6.00. The van der Waals surface area contributed by atoms with Gasteiger partial charge in [-0.1, -0.05) is 0 Å². The number of benzene rings is 1. The largest absolute Gasteiger partial charge is 0.398 e. The van der Waals surface area contributed by atoms with E-state index in [1.165, 1.54) is 19.3 Å². The number of ketones is 1. The van der Waals surface area contributed by atoms with E-state index in [1.54, 1.807) is 13.0 Å². The highest BCUT2D eigenvalue weighted by atomic mass is 16.1. The Kier molecular flexibility index (Phi) is 2.62. The number of carbonyl (C=O) groups excluding carboxylic acids is 1. The average Bonchev–Trinajstić information content (AvgIpc) is 2.18. The van der Waals surface area contributed by atoms with E-state index in [9.17, 15) is 4.79 Å².